The maximum absolute atomic E-state index is 5.39. The Balaban J connectivity index is 1.58. The summed E-state index contributed by atoms with van der Waals surface area (Å²) in [7, 11) is 0. The van der Waals surface area contributed by atoms with Gasteiger partial charge in [-0.25, -0.2) is 0 Å². The summed E-state index contributed by atoms with van der Waals surface area (Å²) in [6, 6.07) is 20.8. The molecule has 0 spiro atoms. The second-order valence-corrected chi connectivity index (χ2v) is 7.24. The highest BCUT2D eigenvalue weighted by Crippen LogP contribution is 2.25. The second kappa shape index (κ2) is 10.9. The van der Waals surface area contributed by atoms with Gasteiger partial charge in [0.25, 0.3) is 0 Å². The van der Waals surface area contributed by atoms with Crippen LogP contribution in [0.15, 0.2) is 65.8 Å². The van der Waals surface area contributed by atoms with Crippen LogP contribution in [0.1, 0.15) is 24.0 Å². The van der Waals surface area contributed by atoms with Gasteiger partial charge in [0.15, 0.2) is 5.11 Å². The van der Waals surface area contributed by atoms with Crippen LogP contribution >= 0.6 is 12.2 Å². The van der Waals surface area contributed by atoms with Gasteiger partial charge < -0.3 is 10.1 Å². The molecule has 2 aromatic carbocycles. The van der Waals surface area contributed by atoms with E-state index in [4.69, 9.17) is 17.0 Å². The Kier molecular flexibility index (Phi) is 7.96. The normalized spacial score (nSPS) is 15.4. The van der Waals surface area contributed by atoms with Crippen molar-refractivity contribution in [1.29, 1.82) is 0 Å². The smallest absolute Gasteiger partial charge is 0.186 e. The molecular weight excluding hydrogens is 368 g/mol. The molecule has 6 heteroatoms. The minimum Gasteiger partial charge on any atom is -0.379 e. The summed E-state index contributed by atoms with van der Waals surface area (Å²) < 4.78 is 5.37. The van der Waals surface area contributed by atoms with Crippen molar-refractivity contribution in [2.75, 3.05) is 39.4 Å². The van der Waals surface area contributed by atoms with Crippen LogP contribution in [-0.2, 0) is 4.74 Å². The third-order valence-electron chi connectivity index (χ3n) is 4.83. The molecule has 0 bridgehead atoms. The minimum absolute atomic E-state index is 0.0889. The van der Waals surface area contributed by atoms with Crippen molar-refractivity contribution in [2.45, 2.75) is 12.8 Å². The van der Waals surface area contributed by atoms with Crippen molar-refractivity contribution in [3.8, 4) is 0 Å². The number of hydrogen-bond acceptors (Lipinski definition) is 4. The van der Waals surface area contributed by atoms with Crippen LogP contribution in [0.3, 0.4) is 0 Å². The first-order valence-electron chi connectivity index (χ1n) is 9.72. The summed E-state index contributed by atoms with van der Waals surface area (Å²) >= 11 is 5.39. The number of rotatable bonds is 7. The fraction of sp³-hybridized carbons (Fsp3) is 0.364. The Morgan fingerprint density at radius 2 is 1.61 bits per heavy atom. The Bertz CT molecular complexity index is 721. The molecule has 1 aliphatic heterocycles. The number of thiocarbonyl (C=S) groups is 1. The van der Waals surface area contributed by atoms with Crippen LogP contribution in [0, 0.1) is 0 Å². The first-order valence-corrected chi connectivity index (χ1v) is 10.1. The predicted molar refractivity (Wildman–Crippen MR) is 119 cm³/mol. The van der Waals surface area contributed by atoms with Crippen molar-refractivity contribution < 1.29 is 4.74 Å². The molecule has 0 aliphatic carbocycles. The number of nitrogens with one attached hydrogen (secondary N) is 2. The zero-order chi connectivity index (χ0) is 19.6. The molecule has 0 radical (unpaired) electrons. The van der Waals surface area contributed by atoms with Crippen LogP contribution in [0.25, 0.3) is 0 Å². The number of morpholine rings is 1. The van der Waals surface area contributed by atoms with Gasteiger partial charge in [-0.1, -0.05) is 60.7 Å². The Labute approximate surface area is 172 Å². The van der Waals surface area contributed by atoms with Crippen LogP contribution in [0.2, 0.25) is 0 Å². The molecule has 0 unspecified atom stereocenters. The average Bonchev–Trinajstić information content (AvgIpc) is 2.75. The molecule has 0 saturated carbocycles. The molecular formula is C22H28N4OS. The average molecular weight is 397 g/mol. The van der Waals surface area contributed by atoms with Gasteiger partial charge in [0, 0.05) is 37.8 Å². The van der Waals surface area contributed by atoms with Crippen molar-refractivity contribution in [2.24, 2.45) is 5.10 Å². The molecule has 0 amide bonds. The van der Waals surface area contributed by atoms with Crippen molar-refractivity contribution in [3.05, 3.63) is 71.8 Å². The number of nitrogens with zero attached hydrogens (tertiary/aromatic N) is 2. The van der Waals surface area contributed by atoms with Gasteiger partial charge in [0.2, 0.25) is 0 Å². The molecule has 28 heavy (non-hydrogen) atoms. The highest BCUT2D eigenvalue weighted by atomic mass is 32.1. The molecule has 5 nitrogen and oxygen atoms in total. The molecule has 1 aliphatic rings. The summed E-state index contributed by atoms with van der Waals surface area (Å²) in [5.74, 6) is 0.0889. The standard InChI is InChI=1S/C22H28N4OS/c1-18(24-25-22(28)23-12-13-26-14-16-27-17-15-26)21(19-8-4-2-5-9-19)20-10-6-3-7-11-20/h2-11,21H,12-17H2,1H3,(H2,23,25,28)/b24-18-. The monoisotopic (exact) mass is 396 g/mol. The summed E-state index contributed by atoms with van der Waals surface area (Å²) in [5, 5.41) is 8.36. The van der Waals surface area contributed by atoms with Gasteiger partial charge in [-0.05, 0) is 30.3 Å². The lowest BCUT2D eigenvalue weighted by Gasteiger charge is -2.26. The van der Waals surface area contributed by atoms with Crippen LogP contribution in [0.5, 0.6) is 0 Å². The number of hydrazone groups is 1. The lowest BCUT2D eigenvalue weighted by molar-refractivity contribution is 0.0389. The highest BCUT2D eigenvalue weighted by Gasteiger charge is 2.17. The number of benzene rings is 2. The first kappa shape index (κ1) is 20.5. The predicted octanol–water partition coefficient (Wildman–Crippen LogP) is 2.99. The Morgan fingerprint density at radius 1 is 1.04 bits per heavy atom. The summed E-state index contributed by atoms with van der Waals surface area (Å²) in [4.78, 5) is 2.37. The molecule has 148 valence electrons. The fourth-order valence-corrected chi connectivity index (χ4v) is 3.51. The third kappa shape index (κ3) is 6.12. The van der Waals surface area contributed by atoms with E-state index in [0.29, 0.717) is 5.11 Å². The van der Waals surface area contributed by atoms with E-state index < -0.39 is 0 Å². The maximum Gasteiger partial charge on any atom is 0.186 e. The fourth-order valence-electron chi connectivity index (χ4n) is 3.36. The van der Waals surface area contributed by atoms with E-state index in [0.717, 1.165) is 45.1 Å². The van der Waals surface area contributed by atoms with Gasteiger partial charge in [0.1, 0.15) is 0 Å². The molecule has 1 heterocycles. The highest BCUT2D eigenvalue weighted by molar-refractivity contribution is 7.80. The van der Waals surface area contributed by atoms with E-state index in [2.05, 4.69) is 69.3 Å². The lowest BCUT2D eigenvalue weighted by atomic mass is 9.88. The van der Waals surface area contributed by atoms with Gasteiger partial charge in [-0.15, -0.1) is 0 Å². The van der Waals surface area contributed by atoms with E-state index in [9.17, 15) is 0 Å². The van der Waals surface area contributed by atoms with Gasteiger partial charge >= 0.3 is 0 Å². The van der Waals surface area contributed by atoms with E-state index >= 15 is 0 Å². The maximum atomic E-state index is 5.39. The quantitative estimate of drug-likeness (QED) is 0.428. The van der Waals surface area contributed by atoms with Gasteiger partial charge in [-0.2, -0.15) is 5.10 Å². The first-order chi connectivity index (χ1) is 13.7. The van der Waals surface area contributed by atoms with Crippen molar-refractivity contribution in [1.82, 2.24) is 15.6 Å². The molecule has 0 atom stereocenters. The molecule has 2 aromatic rings. The third-order valence-corrected chi connectivity index (χ3v) is 5.07. The summed E-state index contributed by atoms with van der Waals surface area (Å²) in [6.07, 6.45) is 0. The largest absolute Gasteiger partial charge is 0.379 e. The van der Waals surface area contributed by atoms with Gasteiger partial charge in [-0.3, -0.25) is 10.3 Å². The molecule has 3 rings (SSSR count). The molecule has 0 aromatic heterocycles. The van der Waals surface area contributed by atoms with E-state index in [-0.39, 0.29) is 5.92 Å². The van der Waals surface area contributed by atoms with E-state index in [1.54, 1.807) is 0 Å². The minimum atomic E-state index is 0.0889. The van der Waals surface area contributed by atoms with Crippen LogP contribution in [0.4, 0.5) is 0 Å². The van der Waals surface area contributed by atoms with E-state index in [1.165, 1.54) is 11.1 Å². The van der Waals surface area contributed by atoms with Crippen LogP contribution < -0.4 is 10.7 Å². The number of ether oxygens (including phenoxy) is 1. The van der Waals surface area contributed by atoms with Crippen LogP contribution in [-0.4, -0.2) is 55.1 Å². The Morgan fingerprint density at radius 3 is 2.18 bits per heavy atom. The Hall–Kier alpha value is -2.28. The summed E-state index contributed by atoms with van der Waals surface area (Å²) in [6.45, 7) is 7.36. The summed E-state index contributed by atoms with van der Waals surface area (Å²) in [5.41, 5.74) is 6.39. The topological polar surface area (TPSA) is 48.9 Å². The molecule has 1 saturated heterocycles. The second-order valence-electron chi connectivity index (χ2n) is 6.83. The number of hydrogen-bond donors (Lipinski definition) is 2. The van der Waals surface area contributed by atoms with Gasteiger partial charge in [0.05, 0.1) is 13.2 Å². The van der Waals surface area contributed by atoms with Crippen molar-refractivity contribution in [3.63, 3.8) is 0 Å². The molecule has 2 N–H and O–H groups in total. The lowest BCUT2D eigenvalue weighted by Crippen LogP contribution is -2.43. The zero-order valence-corrected chi connectivity index (χ0v) is 17.1. The SMILES string of the molecule is C/C(=N/NC(=S)NCCN1CCOCC1)C(c1ccccc1)c1ccccc1. The van der Waals surface area contributed by atoms with E-state index in [1.807, 2.05) is 19.1 Å². The zero-order valence-electron chi connectivity index (χ0n) is 16.3. The molecule has 1 fully saturated rings. The van der Waals surface area contributed by atoms with Crippen molar-refractivity contribution >= 4 is 23.0 Å².